The Kier molecular flexibility index (Phi) is 3.11. The highest BCUT2D eigenvalue weighted by Crippen LogP contribution is 2.34. The van der Waals surface area contributed by atoms with Crippen molar-refractivity contribution in [3.63, 3.8) is 0 Å². The van der Waals surface area contributed by atoms with E-state index in [1.807, 2.05) is 6.07 Å². The molecule has 0 saturated heterocycles. The van der Waals surface area contributed by atoms with Crippen molar-refractivity contribution >= 4 is 32.9 Å². The summed E-state index contributed by atoms with van der Waals surface area (Å²) in [7, 11) is 3.50. The SMILES string of the molecule is CCc1c(-c2ccccc2)ssc1=S. The maximum Gasteiger partial charge on any atom is 0.105 e. The standard InChI is InChI=1S/C11H10S3/c1-2-9-10(13-14-11(9)12)8-6-4-3-5-7-8/h3-7H,2H2,1H3. The summed E-state index contributed by atoms with van der Waals surface area (Å²) in [5.74, 6) is 0. The third-order valence-electron chi connectivity index (χ3n) is 2.11. The van der Waals surface area contributed by atoms with Gasteiger partial charge in [-0.1, -0.05) is 70.2 Å². The normalized spacial score (nSPS) is 10.4. The predicted octanol–water partition coefficient (Wildman–Crippen LogP) is 4.77. The molecule has 0 bridgehead atoms. The van der Waals surface area contributed by atoms with Gasteiger partial charge in [0.15, 0.2) is 0 Å². The highest BCUT2D eigenvalue weighted by molar-refractivity contribution is 7.80. The molecule has 1 aromatic heterocycles. The molecule has 0 unspecified atom stereocenters. The molecule has 0 radical (unpaired) electrons. The highest BCUT2D eigenvalue weighted by atomic mass is 32.9. The lowest BCUT2D eigenvalue weighted by Crippen LogP contribution is -1.80. The Bertz CT molecular complexity index is 465. The van der Waals surface area contributed by atoms with Crippen molar-refractivity contribution in [1.29, 1.82) is 0 Å². The summed E-state index contributed by atoms with van der Waals surface area (Å²) in [5.41, 5.74) is 2.63. The first-order chi connectivity index (χ1) is 6.83. The fourth-order valence-electron chi connectivity index (χ4n) is 1.39. The lowest BCUT2D eigenvalue weighted by Gasteiger charge is -1.99. The molecule has 2 rings (SSSR count). The van der Waals surface area contributed by atoms with Crippen molar-refractivity contribution in [1.82, 2.24) is 0 Å². The zero-order valence-corrected chi connectivity index (χ0v) is 10.3. The summed E-state index contributed by atoms with van der Waals surface area (Å²) >= 11 is 5.30. The molecule has 0 fully saturated rings. The smallest absolute Gasteiger partial charge is 0.0782 e. The lowest BCUT2D eigenvalue weighted by atomic mass is 10.1. The van der Waals surface area contributed by atoms with E-state index in [0.29, 0.717) is 0 Å². The van der Waals surface area contributed by atoms with Gasteiger partial charge in [-0.3, -0.25) is 0 Å². The monoisotopic (exact) mass is 238 g/mol. The average molecular weight is 238 g/mol. The quantitative estimate of drug-likeness (QED) is 0.536. The van der Waals surface area contributed by atoms with Crippen molar-refractivity contribution in [3.8, 4) is 10.4 Å². The minimum atomic E-state index is 1.03. The van der Waals surface area contributed by atoms with E-state index in [9.17, 15) is 0 Å². The van der Waals surface area contributed by atoms with E-state index in [4.69, 9.17) is 12.2 Å². The van der Waals surface area contributed by atoms with Crippen LogP contribution in [0, 0.1) is 3.82 Å². The van der Waals surface area contributed by atoms with Gasteiger partial charge in [-0.05, 0) is 17.5 Å². The molecule has 0 aliphatic heterocycles. The van der Waals surface area contributed by atoms with Gasteiger partial charge in [0.05, 0.1) is 4.88 Å². The summed E-state index contributed by atoms with van der Waals surface area (Å²) in [6.07, 6.45) is 1.03. The van der Waals surface area contributed by atoms with Crippen molar-refractivity contribution in [2.24, 2.45) is 0 Å². The van der Waals surface area contributed by atoms with Gasteiger partial charge in [0, 0.05) is 0 Å². The number of rotatable bonds is 2. The molecule has 0 aliphatic rings. The van der Waals surface area contributed by atoms with Gasteiger partial charge in [0.25, 0.3) is 0 Å². The van der Waals surface area contributed by atoms with Gasteiger partial charge in [-0.2, -0.15) is 0 Å². The molecule has 0 spiro atoms. The Morgan fingerprint density at radius 3 is 2.50 bits per heavy atom. The second-order valence-corrected chi connectivity index (χ2v) is 5.80. The maximum absolute atomic E-state index is 5.30. The van der Waals surface area contributed by atoms with Crippen LogP contribution in [0.15, 0.2) is 30.3 Å². The first-order valence-electron chi connectivity index (χ1n) is 4.50. The topological polar surface area (TPSA) is 0 Å². The third kappa shape index (κ3) is 1.80. The molecule has 0 atom stereocenters. The second kappa shape index (κ2) is 4.34. The molecule has 3 heteroatoms. The van der Waals surface area contributed by atoms with Crippen LogP contribution in [0.4, 0.5) is 0 Å². The molecule has 0 saturated carbocycles. The third-order valence-corrected chi connectivity index (χ3v) is 5.30. The summed E-state index contributed by atoms with van der Waals surface area (Å²) in [5, 5.41) is 0. The van der Waals surface area contributed by atoms with Gasteiger partial charge < -0.3 is 0 Å². The van der Waals surface area contributed by atoms with Crippen LogP contribution in [-0.4, -0.2) is 0 Å². The van der Waals surface area contributed by atoms with Crippen molar-refractivity contribution in [2.45, 2.75) is 13.3 Å². The predicted molar refractivity (Wildman–Crippen MR) is 67.8 cm³/mol. The summed E-state index contributed by atoms with van der Waals surface area (Å²) in [6, 6.07) is 10.5. The molecular weight excluding hydrogens is 228 g/mol. The van der Waals surface area contributed by atoms with E-state index >= 15 is 0 Å². The fraction of sp³-hybridized carbons (Fsp3) is 0.182. The van der Waals surface area contributed by atoms with Gasteiger partial charge in [-0.15, -0.1) is 0 Å². The Balaban J connectivity index is 2.57. The van der Waals surface area contributed by atoms with E-state index in [1.165, 1.54) is 16.0 Å². The summed E-state index contributed by atoms with van der Waals surface area (Å²) in [4.78, 5) is 1.35. The largest absolute Gasteiger partial charge is 0.105 e. The Labute approximate surface area is 96.2 Å². The van der Waals surface area contributed by atoms with Crippen LogP contribution in [0.25, 0.3) is 10.4 Å². The number of hydrogen-bond donors (Lipinski definition) is 0. The molecule has 2 aromatic rings. The average Bonchev–Trinajstić information content (AvgIpc) is 2.61. The van der Waals surface area contributed by atoms with Crippen molar-refractivity contribution in [3.05, 3.63) is 39.7 Å². The van der Waals surface area contributed by atoms with Gasteiger partial charge in [0.2, 0.25) is 0 Å². The molecule has 0 N–H and O–H groups in total. The maximum atomic E-state index is 5.30. The first kappa shape index (κ1) is 10.0. The lowest BCUT2D eigenvalue weighted by molar-refractivity contribution is 1.16. The molecule has 0 aliphatic carbocycles. The molecule has 0 amide bonds. The zero-order chi connectivity index (χ0) is 9.97. The Morgan fingerprint density at radius 1 is 1.14 bits per heavy atom. The van der Waals surface area contributed by atoms with E-state index in [1.54, 1.807) is 20.7 Å². The van der Waals surface area contributed by atoms with E-state index in [-0.39, 0.29) is 0 Å². The van der Waals surface area contributed by atoms with Crippen LogP contribution in [0.2, 0.25) is 0 Å². The van der Waals surface area contributed by atoms with E-state index in [2.05, 4.69) is 31.2 Å². The first-order valence-corrected chi connectivity index (χ1v) is 7.06. The number of benzene rings is 1. The van der Waals surface area contributed by atoms with E-state index in [0.717, 1.165) is 10.2 Å². The van der Waals surface area contributed by atoms with Gasteiger partial charge >= 0.3 is 0 Å². The molecule has 14 heavy (non-hydrogen) atoms. The van der Waals surface area contributed by atoms with Gasteiger partial charge in [0.1, 0.15) is 3.82 Å². The number of hydrogen-bond acceptors (Lipinski definition) is 3. The summed E-state index contributed by atoms with van der Waals surface area (Å²) < 4.78 is 1.05. The molecule has 72 valence electrons. The second-order valence-electron chi connectivity index (χ2n) is 2.98. The van der Waals surface area contributed by atoms with Crippen LogP contribution in [0.3, 0.4) is 0 Å². The minimum Gasteiger partial charge on any atom is -0.0782 e. The van der Waals surface area contributed by atoms with Gasteiger partial charge in [-0.25, -0.2) is 0 Å². The van der Waals surface area contributed by atoms with Crippen LogP contribution in [0.5, 0.6) is 0 Å². The fourth-order valence-corrected chi connectivity index (χ4v) is 4.53. The minimum absolute atomic E-state index is 1.03. The molecule has 1 aromatic carbocycles. The van der Waals surface area contributed by atoms with Crippen LogP contribution in [0.1, 0.15) is 12.5 Å². The Morgan fingerprint density at radius 2 is 1.86 bits per heavy atom. The molecule has 0 nitrogen and oxygen atoms in total. The van der Waals surface area contributed by atoms with Crippen LogP contribution < -0.4 is 0 Å². The molecular formula is C11H10S3. The van der Waals surface area contributed by atoms with Crippen LogP contribution in [-0.2, 0) is 6.42 Å². The zero-order valence-electron chi connectivity index (χ0n) is 7.82. The Hall–Kier alpha value is -0.510. The highest BCUT2D eigenvalue weighted by Gasteiger charge is 2.07. The molecule has 1 heterocycles. The van der Waals surface area contributed by atoms with Crippen molar-refractivity contribution < 1.29 is 0 Å². The van der Waals surface area contributed by atoms with Crippen molar-refractivity contribution in [2.75, 3.05) is 0 Å². The van der Waals surface area contributed by atoms with Crippen LogP contribution >= 0.6 is 32.9 Å². The summed E-state index contributed by atoms with van der Waals surface area (Å²) in [6.45, 7) is 2.16. The van der Waals surface area contributed by atoms with E-state index < -0.39 is 0 Å².